The van der Waals surface area contributed by atoms with Crippen molar-refractivity contribution in [2.75, 3.05) is 60.9 Å². The minimum atomic E-state index is -1.22. The summed E-state index contributed by atoms with van der Waals surface area (Å²) >= 11 is 0. The molecule has 0 aromatic heterocycles. The zero-order valence-corrected chi connectivity index (χ0v) is 32.4. The van der Waals surface area contributed by atoms with E-state index >= 15 is 0 Å². The molecule has 16 nitrogen and oxygen atoms in total. The molecular weight excluding hydrogens is 706 g/mol. The standard InChI is InChI=1S/C39H59N9O7/c1-40-15-5-8-28(35(51)44-18-17-42-3)46-38(54)32-10-7-19-48(32)39(55)31-23-27-21-25(12-14-34(27)50)24-11-13-33(49)26(20-24)22-30(43-4)37(53)45-29(36(52)47-31)9-6-16-41-2/h11-14,20-21,28-32,40-43,49-50H,5-10,15-19,22-23H2,1-4H3,(H,44,51)(H,45,53)(H,46,54)(H,47,52)/t28-,29-,30-,31-,32-/m0/s1. The summed E-state index contributed by atoms with van der Waals surface area (Å²) in [6.07, 6.45) is 2.74. The number of nitrogens with zero attached hydrogens (tertiary/aromatic N) is 1. The van der Waals surface area contributed by atoms with Crippen molar-refractivity contribution in [3.63, 3.8) is 0 Å². The molecule has 5 amide bonds. The van der Waals surface area contributed by atoms with Crippen LogP contribution in [0.4, 0.5) is 0 Å². The molecule has 2 aliphatic rings. The number of carbonyl (C=O) groups is 5. The number of hydrogen-bond donors (Lipinski definition) is 10. The maximum atomic E-state index is 14.6. The van der Waals surface area contributed by atoms with Crippen molar-refractivity contribution in [2.45, 2.75) is 81.6 Å². The Labute approximate surface area is 323 Å². The number of fused-ring (bicyclic) bond motifs is 5. The van der Waals surface area contributed by atoms with Gasteiger partial charge in [-0.05, 0) is 126 Å². The van der Waals surface area contributed by atoms with E-state index in [1.165, 1.54) is 11.0 Å². The predicted molar refractivity (Wildman–Crippen MR) is 209 cm³/mol. The van der Waals surface area contributed by atoms with Gasteiger partial charge in [0.25, 0.3) is 0 Å². The third-order valence-electron chi connectivity index (χ3n) is 10.2. The number of amides is 5. The summed E-state index contributed by atoms with van der Waals surface area (Å²) in [6, 6.07) is 5.28. The Morgan fingerprint density at radius 2 is 1.45 bits per heavy atom. The Kier molecular flexibility index (Phi) is 16.7. The van der Waals surface area contributed by atoms with Crippen LogP contribution in [-0.4, -0.2) is 136 Å². The first-order valence-electron chi connectivity index (χ1n) is 19.3. The molecule has 2 aromatic carbocycles. The van der Waals surface area contributed by atoms with Crippen LogP contribution in [-0.2, 0) is 36.8 Å². The van der Waals surface area contributed by atoms with Crippen LogP contribution in [0.25, 0.3) is 11.1 Å². The fraction of sp³-hybridized carbons (Fsp3) is 0.564. The van der Waals surface area contributed by atoms with Crippen molar-refractivity contribution in [1.82, 2.24) is 47.4 Å². The van der Waals surface area contributed by atoms with Crippen molar-refractivity contribution >= 4 is 29.5 Å². The van der Waals surface area contributed by atoms with Crippen LogP contribution in [0.5, 0.6) is 11.5 Å². The molecule has 10 N–H and O–H groups in total. The van der Waals surface area contributed by atoms with Crippen LogP contribution in [0, 0.1) is 0 Å². The van der Waals surface area contributed by atoms with E-state index < -0.39 is 53.8 Å². The smallest absolute Gasteiger partial charge is 0.246 e. The van der Waals surface area contributed by atoms with Gasteiger partial charge in [-0.25, -0.2) is 0 Å². The van der Waals surface area contributed by atoms with Crippen LogP contribution >= 0.6 is 0 Å². The van der Waals surface area contributed by atoms with Gasteiger partial charge in [0, 0.05) is 32.5 Å². The van der Waals surface area contributed by atoms with Crippen LogP contribution < -0.4 is 42.5 Å². The van der Waals surface area contributed by atoms with Gasteiger partial charge in [-0.15, -0.1) is 0 Å². The van der Waals surface area contributed by atoms with Gasteiger partial charge in [-0.1, -0.05) is 12.1 Å². The number of hydrogen-bond acceptors (Lipinski definition) is 11. The molecule has 2 aromatic rings. The molecule has 2 heterocycles. The molecule has 0 spiro atoms. The predicted octanol–water partition coefficient (Wildman–Crippen LogP) is -0.768. The first-order valence-corrected chi connectivity index (χ1v) is 19.3. The summed E-state index contributed by atoms with van der Waals surface area (Å²) < 4.78 is 0. The largest absolute Gasteiger partial charge is 0.508 e. The fourth-order valence-corrected chi connectivity index (χ4v) is 7.08. The Hall–Kier alpha value is -4.77. The number of carbonyl (C=O) groups excluding carboxylic acids is 5. The molecule has 1 saturated heterocycles. The van der Waals surface area contributed by atoms with Crippen molar-refractivity contribution < 1.29 is 34.2 Å². The molecule has 4 rings (SSSR count). The van der Waals surface area contributed by atoms with Gasteiger partial charge in [-0.2, -0.15) is 0 Å². The lowest BCUT2D eigenvalue weighted by molar-refractivity contribution is -0.142. The van der Waals surface area contributed by atoms with Gasteiger partial charge in [0.05, 0.1) is 6.04 Å². The summed E-state index contributed by atoms with van der Waals surface area (Å²) in [5.41, 5.74) is 2.30. The van der Waals surface area contributed by atoms with Crippen LogP contribution in [0.15, 0.2) is 36.4 Å². The maximum Gasteiger partial charge on any atom is 0.246 e. The number of phenolic OH excluding ortho intramolecular Hbond substituents is 2. The second kappa shape index (κ2) is 21.4. The summed E-state index contributed by atoms with van der Waals surface area (Å²) in [7, 11) is 7.00. The van der Waals surface area contributed by atoms with E-state index in [0.29, 0.717) is 80.5 Å². The van der Waals surface area contributed by atoms with Gasteiger partial charge in [0.1, 0.15) is 35.7 Å². The zero-order valence-electron chi connectivity index (χ0n) is 32.4. The van der Waals surface area contributed by atoms with Gasteiger partial charge in [0.15, 0.2) is 0 Å². The van der Waals surface area contributed by atoms with E-state index in [2.05, 4.69) is 42.5 Å². The molecule has 0 aliphatic carbocycles. The van der Waals surface area contributed by atoms with Gasteiger partial charge < -0.3 is 57.6 Å². The first kappa shape index (κ1) is 43.0. The molecule has 0 radical (unpaired) electrons. The molecule has 4 bridgehead atoms. The van der Waals surface area contributed by atoms with Crippen molar-refractivity contribution in [3.8, 4) is 22.6 Å². The maximum absolute atomic E-state index is 14.6. The lowest BCUT2D eigenvalue weighted by Crippen LogP contribution is -2.59. The number of likely N-dealkylation sites (tertiary alicyclic amines) is 1. The fourth-order valence-electron chi connectivity index (χ4n) is 7.08. The van der Waals surface area contributed by atoms with Gasteiger partial charge in [0.2, 0.25) is 29.5 Å². The highest BCUT2D eigenvalue weighted by Crippen LogP contribution is 2.31. The molecular formula is C39H59N9O7. The van der Waals surface area contributed by atoms with Crippen molar-refractivity contribution in [1.29, 1.82) is 0 Å². The molecule has 2 aliphatic heterocycles. The highest BCUT2D eigenvalue weighted by atomic mass is 16.3. The highest BCUT2D eigenvalue weighted by molar-refractivity contribution is 5.96. The van der Waals surface area contributed by atoms with E-state index in [0.717, 1.165) is 0 Å². The van der Waals surface area contributed by atoms with Crippen molar-refractivity contribution in [2.24, 2.45) is 0 Å². The topological polar surface area (TPSA) is 225 Å². The monoisotopic (exact) mass is 765 g/mol. The molecule has 55 heavy (non-hydrogen) atoms. The lowest BCUT2D eigenvalue weighted by atomic mass is 9.95. The molecule has 0 saturated carbocycles. The number of benzene rings is 2. The third-order valence-corrected chi connectivity index (χ3v) is 10.2. The summed E-state index contributed by atoms with van der Waals surface area (Å²) in [6.45, 7) is 2.42. The summed E-state index contributed by atoms with van der Waals surface area (Å²) in [5.74, 6) is -2.41. The van der Waals surface area contributed by atoms with Crippen LogP contribution in [0.2, 0.25) is 0 Å². The quantitative estimate of drug-likeness (QED) is 0.0956. The molecule has 16 heteroatoms. The average Bonchev–Trinajstić information content (AvgIpc) is 3.67. The van der Waals surface area contributed by atoms with Crippen molar-refractivity contribution in [3.05, 3.63) is 47.5 Å². The molecule has 1 fully saturated rings. The third kappa shape index (κ3) is 11.9. The minimum Gasteiger partial charge on any atom is -0.508 e. The highest BCUT2D eigenvalue weighted by Gasteiger charge is 2.40. The van der Waals surface area contributed by atoms with Crippen LogP contribution in [0.3, 0.4) is 0 Å². The lowest BCUT2D eigenvalue weighted by Gasteiger charge is -2.31. The second-order valence-corrected chi connectivity index (χ2v) is 14.2. The Morgan fingerprint density at radius 3 is 2.09 bits per heavy atom. The minimum absolute atomic E-state index is 0.0111. The van der Waals surface area contributed by atoms with E-state index in [9.17, 15) is 34.2 Å². The first-order chi connectivity index (χ1) is 26.5. The summed E-state index contributed by atoms with van der Waals surface area (Å²) in [4.78, 5) is 70.8. The van der Waals surface area contributed by atoms with Gasteiger partial charge in [-0.3, -0.25) is 24.0 Å². The number of aromatic hydroxyl groups is 2. The van der Waals surface area contributed by atoms with Crippen LogP contribution in [0.1, 0.15) is 49.7 Å². The molecule has 0 unspecified atom stereocenters. The molecule has 302 valence electrons. The number of rotatable bonds is 16. The normalized spacial score (nSPS) is 20.8. The Bertz CT molecular complexity index is 1640. The Morgan fingerprint density at radius 1 is 0.818 bits per heavy atom. The van der Waals surface area contributed by atoms with Gasteiger partial charge >= 0.3 is 0 Å². The van der Waals surface area contributed by atoms with E-state index in [1.807, 2.05) is 7.05 Å². The average molecular weight is 766 g/mol. The zero-order chi connectivity index (χ0) is 39.9. The Balaban J connectivity index is 1.69. The number of likely N-dealkylation sites (N-methyl/N-ethyl adjacent to an activating group) is 2. The van der Waals surface area contributed by atoms with E-state index in [4.69, 9.17) is 0 Å². The second-order valence-electron chi connectivity index (χ2n) is 14.2. The molecule has 5 atom stereocenters. The summed E-state index contributed by atoms with van der Waals surface area (Å²) in [5, 5.41) is 45.4. The SMILES string of the molecule is CNCCC[C@@H]1NC(=O)[C@@H](NC)Cc2cc(ccc2O)-c2ccc(O)c(c2)C[C@@H](C(=O)N2CCC[C@H]2C(=O)N[C@@H](CCCNC)C(=O)NCCNC)NC1=O. The van der Waals surface area contributed by atoms with E-state index in [1.54, 1.807) is 51.5 Å². The number of phenols is 2. The van der Waals surface area contributed by atoms with E-state index in [-0.39, 0.29) is 43.2 Å². The number of nitrogens with one attached hydrogen (secondary N) is 8.